The molecule has 1 N–H and O–H groups in total. The molecule has 1 atom stereocenters. The number of thioether (sulfide) groups is 1. The highest BCUT2D eigenvalue weighted by atomic mass is 32.2. The molecule has 2 aromatic carbocycles. The van der Waals surface area contributed by atoms with Crippen LogP contribution in [0, 0.1) is 0 Å². The van der Waals surface area contributed by atoms with Crippen molar-refractivity contribution in [2.24, 2.45) is 0 Å². The molecule has 138 valence electrons. The Morgan fingerprint density at radius 2 is 1.93 bits per heavy atom. The number of nitrogens with one attached hydrogen (secondary N) is 1. The molecule has 1 amide bonds. The highest BCUT2D eigenvalue weighted by Gasteiger charge is 2.16. The van der Waals surface area contributed by atoms with Crippen molar-refractivity contribution < 1.29 is 9.21 Å². The van der Waals surface area contributed by atoms with Crippen molar-refractivity contribution in [2.75, 3.05) is 5.32 Å². The first kappa shape index (κ1) is 17.7. The molecule has 5 heteroatoms. The van der Waals surface area contributed by atoms with E-state index in [-0.39, 0.29) is 11.2 Å². The van der Waals surface area contributed by atoms with Gasteiger partial charge in [-0.15, -0.1) is 11.8 Å². The third kappa shape index (κ3) is 3.47. The summed E-state index contributed by atoms with van der Waals surface area (Å²) in [6.45, 7) is 4.99. The Kier molecular flexibility index (Phi) is 4.94. The quantitative estimate of drug-likeness (QED) is 0.470. The lowest BCUT2D eigenvalue weighted by Gasteiger charge is -2.12. The first-order chi connectivity index (χ1) is 13.2. The minimum Gasteiger partial charge on any atom is -0.468 e. The molecule has 4 rings (SSSR count). The number of hydrogen-bond donors (Lipinski definition) is 1. The van der Waals surface area contributed by atoms with Gasteiger partial charge < -0.3 is 14.3 Å². The van der Waals surface area contributed by atoms with E-state index in [0.717, 1.165) is 18.0 Å². The number of aromatic nitrogens is 1. The topological polar surface area (TPSA) is 47.2 Å². The molecule has 0 aliphatic rings. The lowest BCUT2D eigenvalue weighted by atomic mass is 10.1. The van der Waals surface area contributed by atoms with Gasteiger partial charge in [-0.1, -0.05) is 18.2 Å². The van der Waals surface area contributed by atoms with Crippen LogP contribution < -0.4 is 5.32 Å². The van der Waals surface area contributed by atoms with Crippen LogP contribution in [0.25, 0.3) is 21.8 Å². The number of carbonyl (C=O) groups is 1. The zero-order valence-corrected chi connectivity index (χ0v) is 16.3. The Bertz CT molecular complexity index is 1080. The van der Waals surface area contributed by atoms with E-state index in [0.29, 0.717) is 5.75 Å². The molecular weight excluding hydrogens is 356 g/mol. The lowest BCUT2D eigenvalue weighted by molar-refractivity contribution is -0.115. The van der Waals surface area contributed by atoms with Gasteiger partial charge in [-0.05, 0) is 50.2 Å². The van der Waals surface area contributed by atoms with E-state index in [4.69, 9.17) is 4.42 Å². The van der Waals surface area contributed by atoms with Gasteiger partial charge in [-0.25, -0.2) is 0 Å². The van der Waals surface area contributed by atoms with Crippen molar-refractivity contribution in [1.29, 1.82) is 0 Å². The third-order valence-corrected chi connectivity index (χ3v) is 5.95. The van der Waals surface area contributed by atoms with Crippen LogP contribution in [-0.2, 0) is 17.1 Å². The van der Waals surface area contributed by atoms with Crippen molar-refractivity contribution in [3.63, 3.8) is 0 Å². The van der Waals surface area contributed by atoms with Gasteiger partial charge in [0.2, 0.25) is 5.91 Å². The van der Waals surface area contributed by atoms with Gasteiger partial charge in [0.1, 0.15) is 5.76 Å². The molecule has 0 bridgehead atoms. The first-order valence-electron chi connectivity index (χ1n) is 9.13. The molecule has 0 saturated carbocycles. The maximum Gasteiger partial charge on any atom is 0.237 e. The largest absolute Gasteiger partial charge is 0.468 e. The fourth-order valence-electron chi connectivity index (χ4n) is 3.39. The molecule has 4 nitrogen and oxygen atoms in total. The number of para-hydroxylation sites is 1. The third-order valence-electron chi connectivity index (χ3n) is 4.78. The predicted molar refractivity (Wildman–Crippen MR) is 113 cm³/mol. The molecule has 0 spiro atoms. The summed E-state index contributed by atoms with van der Waals surface area (Å²) >= 11 is 1.57. The zero-order chi connectivity index (χ0) is 18.8. The van der Waals surface area contributed by atoms with Crippen LogP contribution >= 0.6 is 11.8 Å². The Hall–Kier alpha value is -2.66. The van der Waals surface area contributed by atoms with Crippen molar-refractivity contribution in [3.05, 3.63) is 66.6 Å². The average Bonchev–Trinajstić information content (AvgIpc) is 3.31. The summed E-state index contributed by atoms with van der Waals surface area (Å²) in [4.78, 5) is 12.6. The van der Waals surface area contributed by atoms with Gasteiger partial charge in [0.05, 0.1) is 17.3 Å². The van der Waals surface area contributed by atoms with Crippen molar-refractivity contribution in [2.45, 2.75) is 31.4 Å². The maximum atomic E-state index is 12.6. The Morgan fingerprint density at radius 3 is 2.70 bits per heavy atom. The summed E-state index contributed by atoms with van der Waals surface area (Å²) in [6, 6.07) is 18.3. The predicted octanol–water partition coefficient (Wildman–Crippen LogP) is 5.67. The number of fused-ring (bicyclic) bond motifs is 3. The number of hydrogen-bond acceptors (Lipinski definition) is 3. The number of furan rings is 1. The van der Waals surface area contributed by atoms with Crippen molar-refractivity contribution >= 4 is 45.2 Å². The second-order valence-corrected chi connectivity index (χ2v) is 7.84. The molecule has 0 fully saturated rings. The number of carbonyl (C=O) groups excluding carboxylic acids is 1. The molecule has 1 unspecified atom stereocenters. The smallest absolute Gasteiger partial charge is 0.237 e. The van der Waals surface area contributed by atoms with Crippen molar-refractivity contribution in [3.8, 4) is 0 Å². The molecule has 0 saturated heterocycles. The van der Waals surface area contributed by atoms with E-state index in [2.05, 4.69) is 53.2 Å². The minimum atomic E-state index is -0.164. The second kappa shape index (κ2) is 7.53. The van der Waals surface area contributed by atoms with Gasteiger partial charge in [0, 0.05) is 34.0 Å². The maximum absolute atomic E-state index is 12.6. The highest BCUT2D eigenvalue weighted by molar-refractivity contribution is 7.99. The van der Waals surface area contributed by atoms with E-state index in [1.54, 1.807) is 18.0 Å². The molecule has 2 aromatic heterocycles. The molecule has 0 aliphatic heterocycles. The summed E-state index contributed by atoms with van der Waals surface area (Å²) in [5, 5.41) is 5.27. The monoisotopic (exact) mass is 378 g/mol. The summed E-state index contributed by atoms with van der Waals surface area (Å²) in [7, 11) is 0. The number of anilines is 1. The van der Waals surface area contributed by atoms with E-state index in [1.165, 1.54) is 21.8 Å². The summed E-state index contributed by atoms with van der Waals surface area (Å²) in [6.07, 6.45) is 1.66. The van der Waals surface area contributed by atoms with Crippen LogP contribution in [0.15, 0.2) is 65.3 Å². The Balaban J connectivity index is 1.55. The van der Waals surface area contributed by atoms with Crippen LogP contribution in [0.1, 0.15) is 19.6 Å². The van der Waals surface area contributed by atoms with Gasteiger partial charge >= 0.3 is 0 Å². The zero-order valence-electron chi connectivity index (χ0n) is 15.4. The number of nitrogens with zero attached hydrogens (tertiary/aromatic N) is 1. The molecular formula is C22H22N2O2S. The number of benzene rings is 2. The van der Waals surface area contributed by atoms with Gasteiger partial charge in [0.25, 0.3) is 0 Å². The molecule has 4 aromatic rings. The van der Waals surface area contributed by atoms with E-state index in [9.17, 15) is 4.79 Å². The van der Waals surface area contributed by atoms with E-state index < -0.39 is 0 Å². The fourth-order valence-corrected chi connectivity index (χ4v) is 4.18. The second-order valence-electron chi connectivity index (χ2n) is 6.52. The van der Waals surface area contributed by atoms with Crippen LogP contribution in [0.4, 0.5) is 5.69 Å². The highest BCUT2D eigenvalue weighted by Crippen LogP contribution is 2.31. The summed E-state index contributed by atoms with van der Waals surface area (Å²) in [5.74, 6) is 1.57. The van der Waals surface area contributed by atoms with Gasteiger partial charge in [-0.2, -0.15) is 0 Å². The van der Waals surface area contributed by atoms with Crippen molar-refractivity contribution in [1.82, 2.24) is 4.57 Å². The van der Waals surface area contributed by atoms with Crippen LogP contribution in [0.5, 0.6) is 0 Å². The summed E-state index contributed by atoms with van der Waals surface area (Å²) in [5.41, 5.74) is 3.25. The van der Waals surface area contributed by atoms with Crippen LogP contribution in [0.3, 0.4) is 0 Å². The number of aryl methyl sites for hydroxylation is 1. The van der Waals surface area contributed by atoms with Gasteiger partial charge in [0.15, 0.2) is 0 Å². The lowest BCUT2D eigenvalue weighted by Crippen LogP contribution is -2.22. The van der Waals surface area contributed by atoms with E-state index in [1.807, 2.05) is 25.1 Å². The number of amides is 1. The van der Waals surface area contributed by atoms with Crippen LogP contribution in [0.2, 0.25) is 0 Å². The number of rotatable bonds is 6. The summed E-state index contributed by atoms with van der Waals surface area (Å²) < 4.78 is 7.63. The standard InChI is InChI=1S/C22H22N2O2S/c1-3-24-20-9-5-4-8-18(20)19-13-16(10-11-21(19)24)23-22(25)15(2)27-14-17-7-6-12-26-17/h4-13,15H,3,14H2,1-2H3,(H,23,25). The average molecular weight is 378 g/mol. The normalized spacial score (nSPS) is 12.5. The van der Waals surface area contributed by atoms with Gasteiger partial charge in [-0.3, -0.25) is 4.79 Å². The Morgan fingerprint density at radius 1 is 1.11 bits per heavy atom. The SMILES string of the molecule is CCn1c2ccccc2c2cc(NC(=O)C(C)SCc3ccco3)ccc21. The van der Waals surface area contributed by atoms with Crippen LogP contribution in [-0.4, -0.2) is 15.7 Å². The minimum absolute atomic E-state index is 0.00476. The first-order valence-corrected chi connectivity index (χ1v) is 10.2. The fraction of sp³-hybridized carbons (Fsp3) is 0.227. The molecule has 2 heterocycles. The van der Waals surface area contributed by atoms with E-state index >= 15 is 0 Å². The molecule has 27 heavy (non-hydrogen) atoms. The molecule has 0 radical (unpaired) electrons. The Labute approximate surface area is 162 Å². The molecule has 0 aliphatic carbocycles.